The number of hydrogen-bond acceptors (Lipinski definition) is 10. The molecule has 0 saturated carbocycles. The van der Waals surface area contributed by atoms with E-state index in [-0.39, 0.29) is 5.91 Å². The van der Waals surface area contributed by atoms with E-state index >= 15 is 0 Å². The number of ether oxygens (including phenoxy) is 4. The van der Waals surface area contributed by atoms with Gasteiger partial charge in [-0.05, 0) is 81.2 Å². The molecule has 1 unspecified atom stereocenters. The highest BCUT2D eigenvalue weighted by molar-refractivity contribution is 5.96. The van der Waals surface area contributed by atoms with Gasteiger partial charge < -0.3 is 48.4 Å². The Morgan fingerprint density at radius 3 is 2.19 bits per heavy atom. The van der Waals surface area contributed by atoms with Crippen molar-refractivity contribution in [2.75, 3.05) is 85.3 Å². The Kier molecular flexibility index (Phi) is 15.0. The van der Waals surface area contributed by atoms with E-state index in [0.717, 1.165) is 62.7 Å². The molecule has 0 radical (unpaired) electrons. The van der Waals surface area contributed by atoms with Crippen molar-refractivity contribution in [1.29, 1.82) is 0 Å². The number of para-hydroxylation sites is 2. The third-order valence-corrected chi connectivity index (χ3v) is 10.5. The minimum Gasteiger partial charge on any atom is -0.493 e. The van der Waals surface area contributed by atoms with Gasteiger partial charge in [0.05, 0.1) is 39.0 Å². The third kappa shape index (κ3) is 10.4. The summed E-state index contributed by atoms with van der Waals surface area (Å²) < 4.78 is 53.2. The molecule has 14 nitrogen and oxygen atoms in total. The second-order valence-corrected chi connectivity index (χ2v) is 14.0. The molecule has 6 rings (SSSR count). The van der Waals surface area contributed by atoms with E-state index in [1.807, 2.05) is 19.1 Å². The predicted octanol–water partition coefficient (Wildman–Crippen LogP) is 5.47. The van der Waals surface area contributed by atoms with Crippen LogP contribution in [0.25, 0.3) is 11.0 Å². The van der Waals surface area contributed by atoms with Crippen molar-refractivity contribution in [2.45, 2.75) is 38.1 Å². The van der Waals surface area contributed by atoms with Crippen LogP contribution >= 0.6 is 0 Å². The molecule has 0 aliphatic carbocycles. The lowest BCUT2D eigenvalue weighted by atomic mass is 9.76. The van der Waals surface area contributed by atoms with Crippen LogP contribution < -0.4 is 19.1 Å². The Morgan fingerprint density at radius 2 is 1.55 bits per heavy atom. The van der Waals surface area contributed by atoms with Gasteiger partial charge in [-0.25, -0.2) is 23.4 Å². The van der Waals surface area contributed by atoms with E-state index in [9.17, 15) is 23.2 Å². The van der Waals surface area contributed by atoms with Crippen molar-refractivity contribution < 1.29 is 52.3 Å². The van der Waals surface area contributed by atoms with Crippen molar-refractivity contribution in [3.63, 3.8) is 0 Å². The number of carboxylic acids is 2. The molecular weight excluding hydrogens is 756 g/mol. The molecule has 2 aliphatic heterocycles. The van der Waals surface area contributed by atoms with Gasteiger partial charge in [0.2, 0.25) is 11.7 Å². The summed E-state index contributed by atoms with van der Waals surface area (Å²) in [6.07, 6.45) is 3.38. The topological polar surface area (TPSA) is 156 Å². The molecule has 2 saturated heterocycles. The van der Waals surface area contributed by atoms with E-state index < -0.39 is 29.0 Å². The molecule has 4 aromatic rings. The fourth-order valence-corrected chi connectivity index (χ4v) is 7.58. The number of halogens is 2. The Morgan fingerprint density at radius 1 is 0.845 bits per heavy atom. The van der Waals surface area contributed by atoms with Crippen LogP contribution in [-0.4, -0.2) is 128 Å². The molecule has 16 heteroatoms. The standard InChI is InChI=1S/C38H47F2N5O5.C4H4O4/c1-5-50-22-21-45-32-10-7-6-9-31(32)41-37(45)43-16-8-15-42(19-20-43)17-13-38(28-11-12-29(39)30(40)25-28)14-18-44(26-38)36(46)27-23-33(47-2)35(49-4)34(24-27)48-3;5-3(6)1-2-4(7)8/h6-7,9-12,23-25H,5,8,13-22,26H2,1-4H3;1-2H,(H,5,6)(H,7,8)/b;2-1+. The number of rotatable bonds is 15. The first kappa shape index (κ1) is 43.4. The highest BCUT2D eigenvalue weighted by Gasteiger charge is 2.42. The lowest BCUT2D eigenvalue weighted by Crippen LogP contribution is -2.39. The molecule has 58 heavy (non-hydrogen) atoms. The summed E-state index contributed by atoms with van der Waals surface area (Å²) in [6, 6.07) is 15.7. The number of carbonyl (C=O) groups is 3. The van der Waals surface area contributed by atoms with E-state index in [2.05, 4.69) is 26.5 Å². The minimum atomic E-state index is -1.26. The van der Waals surface area contributed by atoms with Crippen LogP contribution in [0.5, 0.6) is 17.2 Å². The number of likely N-dealkylation sites (tertiary alicyclic amines) is 1. The van der Waals surface area contributed by atoms with Crippen LogP contribution in [0.15, 0.2) is 66.7 Å². The number of nitrogens with zero attached hydrogens (tertiary/aromatic N) is 5. The Bertz CT molecular complexity index is 2050. The Balaban J connectivity index is 0.000000725. The van der Waals surface area contributed by atoms with Crippen LogP contribution in [0.1, 0.15) is 42.1 Å². The number of methoxy groups -OCH3 is 3. The summed E-state index contributed by atoms with van der Waals surface area (Å²) in [7, 11) is 4.54. The Hall–Kier alpha value is -5.74. The highest BCUT2D eigenvalue weighted by Crippen LogP contribution is 2.42. The number of amides is 1. The summed E-state index contributed by atoms with van der Waals surface area (Å²) in [6.45, 7) is 9.03. The lowest BCUT2D eigenvalue weighted by molar-refractivity contribution is -0.134. The largest absolute Gasteiger partial charge is 0.493 e. The number of imidazole rings is 1. The number of anilines is 1. The fourth-order valence-electron chi connectivity index (χ4n) is 7.58. The molecule has 312 valence electrons. The second-order valence-electron chi connectivity index (χ2n) is 14.0. The van der Waals surface area contributed by atoms with Crippen molar-refractivity contribution >= 4 is 34.8 Å². The number of fused-ring (bicyclic) bond motifs is 1. The van der Waals surface area contributed by atoms with E-state index in [0.29, 0.717) is 79.7 Å². The van der Waals surface area contributed by atoms with E-state index in [1.165, 1.54) is 33.5 Å². The minimum absolute atomic E-state index is 0.189. The van der Waals surface area contributed by atoms with Crippen molar-refractivity contribution in [1.82, 2.24) is 19.4 Å². The molecule has 2 aliphatic rings. The van der Waals surface area contributed by atoms with Crippen molar-refractivity contribution in [3.05, 3.63) is 89.5 Å². The summed E-state index contributed by atoms with van der Waals surface area (Å²) in [5, 5.41) is 15.6. The molecule has 1 aromatic heterocycles. The highest BCUT2D eigenvalue weighted by atomic mass is 19.2. The van der Waals surface area contributed by atoms with Crippen LogP contribution in [-0.2, 0) is 26.3 Å². The average Bonchev–Trinajstić information content (AvgIpc) is 3.74. The quantitative estimate of drug-likeness (QED) is 0.116. The molecular formula is C42H51F2N5O9. The number of benzene rings is 3. The van der Waals surface area contributed by atoms with Gasteiger partial charge in [0.25, 0.3) is 5.91 Å². The first-order chi connectivity index (χ1) is 27.9. The molecule has 3 aromatic carbocycles. The summed E-state index contributed by atoms with van der Waals surface area (Å²) in [5.41, 5.74) is 2.63. The number of aromatic nitrogens is 2. The number of hydrogen-bond donors (Lipinski definition) is 2. The second kappa shape index (κ2) is 20.1. The third-order valence-electron chi connectivity index (χ3n) is 10.5. The normalized spacial score (nSPS) is 17.2. The van der Waals surface area contributed by atoms with Gasteiger partial charge in [-0.15, -0.1) is 0 Å². The van der Waals surface area contributed by atoms with Crippen molar-refractivity contribution in [2.24, 2.45) is 0 Å². The van der Waals surface area contributed by atoms with Crippen LogP contribution in [0.2, 0.25) is 0 Å². The van der Waals surface area contributed by atoms with Gasteiger partial charge in [-0.3, -0.25) is 4.79 Å². The monoisotopic (exact) mass is 807 g/mol. The Labute approximate surface area is 336 Å². The maximum atomic E-state index is 14.7. The molecule has 0 bridgehead atoms. The zero-order chi connectivity index (χ0) is 41.8. The average molecular weight is 808 g/mol. The zero-order valence-corrected chi connectivity index (χ0v) is 33.3. The fraction of sp³-hybridized carbons (Fsp3) is 0.429. The van der Waals surface area contributed by atoms with Crippen LogP contribution in [0, 0.1) is 11.6 Å². The molecule has 0 spiro atoms. The van der Waals surface area contributed by atoms with Gasteiger partial charge in [0.1, 0.15) is 0 Å². The lowest BCUT2D eigenvalue weighted by Gasteiger charge is -2.33. The number of aliphatic carboxylic acids is 2. The smallest absolute Gasteiger partial charge is 0.328 e. The van der Waals surface area contributed by atoms with Crippen LogP contribution in [0.3, 0.4) is 0 Å². The summed E-state index contributed by atoms with van der Waals surface area (Å²) in [4.78, 5) is 44.7. The van der Waals surface area contributed by atoms with Crippen molar-refractivity contribution in [3.8, 4) is 17.2 Å². The molecule has 1 atom stereocenters. The van der Waals surface area contributed by atoms with Gasteiger partial charge >= 0.3 is 11.9 Å². The summed E-state index contributed by atoms with van der Waals surface area (Å²) in [5.74, 6) is -2.32. The molecule has 1 amide bonds. The SMILES string of the molecule is CCOCCn1c(N2CCCN(CCC3(c4ccc(F)c(F)c4)CCN(C(=O)c4cc(OC)c(OC)c(OC)c4)C3)CC2)nc2ccccc21.O=C(O)/C=C/C(=O)O. The first-order valence-corrected chi connectivity index (χ1v) is 19.1. The molecule has 3 heterocycles. The first-order valence-electron chi connectivity index (χ1n) is 19.1. The van der Waals surface area contributed by atoms with E-state index in [4.69, 9.17) is 34.1 Å². The predicted molar refractivity (Wildman–Crippen MR) is 213 cm³/mol. The zero-order valence-electron chi connectivity index (χ0n) is 33.3. The van der Waals surface area contributed by atoms with Gasteiger partial charge in [-0.2, -0.15) is 0 Å². The van der Waals surface area contributed by atoms with Crippen LogP contribution in [0.4, 0.5) is 14.7 Å². The number of carboxylic acid groups (broad SMARTS) is 2. The molecule has 2 fully saturated rings. The summed E-state index contributed by atoms with van der Waals surface area (Å²) >= 11 is 0. The number of carbonyl (C=O) groups excluding carboxylic acids is 1. The van der Waals surface area contributed by atoms with Gasteiger partial charge in [0.15, 0.2) is 23.1 Å². The maximum Gasteiger partial charge on any atom is 0.328 e. The maximum absolute atomic E-state index is 14.7. The van der Waals surface area contributed by atoms with E-state index in [1.54, 1.807) is 23.1 Å². The van der Waals surface area contributed by atoms with Gasteiger partial charge in [-0.1, -0.05) is 18.2 Å². The molecule has 2 N–H and O–H groups in total. The van der Waals surface area contributed by atoms with Gasteiger partial charge in [0, 0.05) is 69.0 Å².